The quantitative estimate of drug-likeness (QED) is 0.196. The number of aromatic nitrogens is 4. The van der Waals surface area contributed by atoms with Crippen molar-refractivity contribution in [3.63, 3.8) is 0 Å². The van der Waals surface area contributed by atoms with Crippen molar-refractivity contribution in [3.8, 4) is 5.75 Å². The van der Waals surface area contributed by atoms with Gasteiger partial charge in [-0.05, 0) is 79.8 Å². The number of nitrogens with two attached hydrogens (primary N) is 1. The van der Waals surface area contributed by atoms with E-state index in [0.717, 1.165) is 87.3 Å². The van der Waals surface area contributed by atoms with Gasteiger partial charge in [0.15, 0.2) is 0 Å². The molecule has 2 aliphatic carbocycles. The number of hydrogen-bond donors (Lipinski definition) is 2. The van der Waals surface area contributed by atoms with Crippen LogP contribution in [0.1, 0.15) is 51.8 Å². The van der Waals surface area contributed by atoms with Gasteiger partial charge in [-0.15, -0.1) is 22.7 Å². The summed E-state index contributed by atoms with van der Waals surface area (Å²) in [4.78, 5) is 54.2. The number of thiophene rings is 2. The molecule has 12 nitrogen and oxygen atoms in total. The maximum atomic E-state index is 12.5. The highest BCUT2D eigenvalue weighted by atomic mass is 35.5. The molecule has 272 valence electrons. The molecule has 3 aliphatic rings. The van der Waals surface area contributed by atoms with E-state index >= 15 is 0 Å². The Morgan fingerprint density at radius 1 is 0.923 bits per heavy atom. The summed E-state index contributed by atoms with van der Waals surface area (Å²) in [6.45, 7) is 3.04. The Labute approximate surface area is 315 Å². The number of ether oxygens (including phenoxy) is 1. The van der Waals surface area contributed by atoms with Crippen LogP contribution in [0.4, 0.5) is 11.5 Å². The number of halogens is 1. The molecule has 52 heavy (non-hydrogen) atoms. The Hall–Kier alpha value is -4.24. The molecule has 0 fully saturated rings. The molecule has 1 aliphatic heterocycles. The summed E-state index contributed by atoms with van der Waals surface area (Å²) in [6.07, 6.45) is 9.84. The highest BCUT2D eigenvalue weighted by Gasteiger charge is 2.31. The lowest BCUT2D eigenvalue weighted by Crippen LogP contribution is -2.32. The molecule has 4 aromatic heterocycles. The van der Waals surface area contributed by atoms with Gasteiger partial charge in [-0.1, -0.05) is 11.6 Å². The van der Waals surface area contributed by atoms with Crippen molar-refractivity contribution in [2.45, 2.75) is 58.1 Å². The largest absolute Gasteiger partial charge is 0.487 e. The van der Waals surface area contributed by atoms with Crippen LogP contribution >= 0.6 is 34.3 Å². The molecule has 5 aromatic rings. The van der Waals surface area contributed by atoms with E-state index in [1.54, 1.807) is 38.8 Å². The lowest BCUT2D eigenvalue weighted by atomic mass is 9.87. The van der Waals surface area contributed by atoms with Crippen molar-refractivity contribution >= 4 is 84.2 Å². The maximum absolute atomic E-state index is 12.5. The van der Waals surface area contributed by atoms with Crippen LogP contribution in [0.3, 0.4) is 0 Å². The van der Waals surface area contributed by atoms with Gasteiger partial charge < -0.3 is 25.6 Å². The van der Waals surface area contributed by atoms with Crippen molar-refractivity contribution in [3.05, 3.63) is 61.9 Å². The molecule has 0 unspecified atom stereocenters. The van der Waals surface area contributed by atoms with Crippen LogP contribution < -0.4 is 15.8 Å². The third kappa shape index (κ3) is 7.08. The fourth-order valence-electron chi connectivity index (χ4n) is 7.15. The Kier molecular flexibility index (Phi) is 10.4. The summed E-state index contributed by atoms with van der Waals surface area (Å²) in [7, 11) is 7.27. The lowest BCUT2D eigenvalue weighted by molar-refractivity contribution is -0.134. The minimum Gasteiger partial charge on any atom is -0.487 e. The molecule has 0 spiro atoms. The van der Waals surface area contributed by atoms with E-state index in [9.17, 15) is 9.59 Å². The summed E-state index contributed by atoms with van der Waals surface area (Å²) < 4.78 is 6.14. The van der Waals surface area contributed by atoms with Crippen molar-refractivity contribution in [1.29, 1.82) is 0 Å². The zero-order valence-electron chi connectivity index (χ0n) is 29.9. The SMILES string of the molecule is CN(C)C(=O)[C@H]1CCc2c(sc3ncnc(Cl)c23)C1.C[C@H](CN)Oc1cc2c(cc1Nc1ncnc3sc4c(c13)CC[C@H](C(=O)N(C)C)C4)C=NC2. The highest BCUT2D eigenvalue weighted by molar-refractivity contribution is 7.19. The number of anilines is 2. The second kappa shape index (κ2) is 15.0. The fourth-order valence-corrected chi connectivity index (χ4v) is 9.99. The van der Waals surface area contributed by atoms with Gasteiger partial charge in [0.1, 0.15) is 45.1 Å². The zero-order valence-corrected chi connectivity index (χ0v) is 32.3. The smallest absolute Gasteiger partial charge is 0.225 e. The van der Waals surface area contributed by atoms with Gasteiger partial charge in [-0.3, -0.25) is 14.6 Å². The number of aliphatic imine (C=N–C) groups is 1. The van der Waals surface area contributed by atoms with Crippen LogP contribution in [-0.2, 0) is 41.8 Å². The van der Waals surface area contributed by atoms with E-state index in [1.165, 1.54) is 27.2 Å². The summed E-state index contributed by atoms with van der Waals surface area (Å²) in [5.74, 6) is 2.01. The Bertz CT molecular complexity index is 2200. The van der Waals surface area contributed by atoms with E-state index in [0.29, 0.717) is 18.2 Å². The second-order valence-electron chi connectivity index (χ2n) is 13.9. The highest BCUT2D eigenvalue weighted by Crippen LogP contribution is 2.43. The number of rotatable bonds is 7. The predicted octanol–water partition coefficient (Wildman–Crippen LogP) is 5.82. The van der Waals surface area contributed by atoms with Crippen LogP contribution in [0.15, 0.2) is 29.8 Å². The first-order chi connectivity index (χ1) is 25.0. The average Bonchev–Trinajstić information content (AvgIpc) is 3.86. The number of nitrogens with one attached hydrogen (secondary N) is 1. The minimum absolute atomic E-state index is 0.0266. The number of amides is 2. The van der Waals surface area contributed by atoms with E-state index in [2.05, 4.69) is 36.3 Å². The maximum Gasteiger partial charge on any atom is 0.225 e. The third-order valence-electron chi connectivity index (χ3n) is 9.87. The monoisotopic (exact) mass is 759 g/mol. The van der Waals surface area contributed by atoms with Gasteiger partial charge in [0.25, 0.3) is 0 Å². The minimum atomic E-state index is -0.114. The van der Waals surface area contributed by atoms with Crippen molar-refractivity contribution in [2.24, 2.45) is 22.6 Å². The van der Waals surface area contributed by atoms with Gasteiger partial charge >= 0.3 is 0 Å². The first kappa shape index (κ1) is 36.1. The van der Waals surface area contributed by atoms with E-state index < -0.39 is 0 Å². The molecule has 1 aromatic carbocycles. The summed E-state index contributed by atoms with van der Waals surface area (Å²) in [5.41, 5.74) is 11.3. The molecule has 15 heteroatoms. The Morgan fingerprint density at radius 3 is 2.13 bits per heavy atom. The van der Waals surface area contributed by atoms with Crippen LogP contribution in [0.2, 0.25) is 5.15 Å². The third-order valence-corrected chi connectivity index (χ3v) is 12.5. The van der Waals surface area contributed by atoms with Crippen molar-refractivity contribution < 1.29 is 14.3 Å². The van der Waals surface area contributed by atoms with E-state index in [4.69, 9.17) is 22.1 Å². The first-order valence-corrected chi connectivity index (χ1v) is 19.4. The lowest BCUT2D eigenvalue weighted by Gasteiger charge is -2.24. The molecule has 8 rings (SSSR count). The van der Waals surface area contributed by atoms with Crippen LogP contribution in [0.5, 0.6) is 5.75 Å². The molecular weight excluding hydrogens is 718 g/mol. The Morgan fingerprint density at radius 2 is 1.52 bits per heavy atom. The number of carbonyl (C=O) groups is 2. The van der Waals surface area contributed by atoms with Gasteiger partial charge in [-0.2, -0.15) is 0 Å². The summed E-state index contributed by atoms with van der Waals surface area (Å²) in [5, 5.41) is 6.07. The molecule has 3 atom stereocenters. The zero-order chi connectivity index (χ0) is 36.7. The number of hydrogen-bond acceptors (Lipinski definition) is 12. The van der Waals surface area contributed by atoms with Crippen LogP contribution in [0, 0.1) is 11.8 Å². The number of fused-ring (bicyclic) bond motifs is 7. The average molecular weight is 760 g/mol. The topological polar surface area (TPSA) is 152 Å². The van der Waals surface area contributed by atoms with Crippen LogP contribution in [0.25, 0.3) is 20.4 Å². The normalized spacial score (nSPS) is 17.8. The van der Waals surface area contributed by atoms with Crippen LogP contribution in [-0.4, -0.2) is 88.6 Å². The number of nitrogens with zero attached hydrogens (tertiary/aromatic N) is 7. The number of aryl methyl sites for hydroxylation is 2. The molecule has 0 radical (unpaired) electrons. The van der Waals surface area contributed by atoms with Crippen molar-refractivity contribution in [1.82, 2.24) is 29.7 Å². The molecule has 0 bridgehead atoms. The second-order valence-corrected chi connectivity index (χ2v) is 16.4. The predicted molar refractivity (Wildman–Crippen MR) is 208 cm³/mol. The van der Waals surface area contributed by atoms with Gasteiger partial charge in [0.05, 0.1) is 23.0 Å². The molecule has 2 amide bonds. The molecule has 0 saturated carbocycles. The first-order valence-electron chi connectivity index (χ1n) is 17.4. The standard InChI is InChI=1S/C24H28N6O2S.C13H14ClN3OS/c1-13(9-25)32-19-7-16-11-26-10-15(16)6-18(19)29-22-21-17-5-4-14(24(31)30(2)3)8-20(17)33-23(21)28-12-27-22;1-17(2)13(18)7-3-4-8-9(5-7)19-12-10(8)11(14)15-6-16-12/h6-7,10,12-14H,4-5,8-9,11,25H2,1-3H3,(H,27,28,29);6-7H,3-5H2,1-2H3/t13-,14+;7-/m10/s1. The van der Waals surface area contributed by atoms with Gasteiger partial charge in [-0.25, -0.2) is 19.9 Å². The molecule has 3 N–H and O–H groups in total. The molecule has 5 heterocycles. The summed E-state index contributed by atoms with van der Waals surface area (Å²) in [6, 6.07) is 4.10. The molecular formula is C37H42ClN9O3S2. The Balaban J connectivity index is 0.000000187. The fraction of sp³-hybridized carbons (Fsp3) is 0.432. The van der Waals surface area contributed by atoms with Gasteiger partial charge in [0.2, 0.25) is 11.8 Å². The van der Waals surface area contributed by atoms with Gasteiger partial charge in [0, 0.05) is 62.5 Å². The number of benzene rings is 1. The van der Waals surface area contributed by atoms with E-state index in [1.807, 2.05) is 47.4 Å². The number of carbonyl (C=O) groups excluding carboxylic acids is 2. The molecule has 0 saturated heterocycles. The van der Waals surface area contributed by atoms with E-state index in [-0.39, 0.29) is 29.8 Å². The van der Waals surface area contributed by atoms with Crippen molar-refractivity contribution in [2.75, 3.05) is 40.1 Å². The summed E-state index contributed by atoms with van der Waals surface area (Å²) >= 11 is 9.47.